The highest BCUT2D eigenvalue weighted by atomic mass is 16.5. The number of ether oxygens (including phenoxy) is 1. The van der Waals surface area contributed by atoms with Gasteiger partial charge in [-0.05, 0) is 50.4 Å². The van der Waals surface area contributed by atoms with E-state index in [4.69, 9.17) is 13.7 Å². The molecule has 2 aromatic heterocycles. The van der Waals surface area contributed by atoms with Gasteiger partial charge in [0.15, 0.2) is 11.6 Å². The summed E-state index contributed by atoms with van der Waals surface area (Å²) in [7, 11) is 0. The maximum Gasteiger partial charge on any atom is 0.293 e. The van der Waals surface area contributed by atoms with E-state index < -0.39 is 0 Å². The first-order valence-electron chi connectivity index (χ1n) is 8.51. The highest BCUT2D eigenvalue weighted by Gasteiger charge is 2.24. The molecule has 0 bridgehead atoms. The van der Waals surface area contributed by atoms with E-state index >= 15 is 0 Å². The summed E-state index contributed by atoms with van der Waals surface area (Å²) in [4.78, 5) is 6.91. The summed E-state index contributed by atoms with van der Waals surface area (Å²) in [6.45, 7) is 6.91. The molecule has 4 heterocycles. The van der Waals surface area contributed by atoms with Crippen LogP contribution in [0.25, 0.3) is 11.7 Å². The summed E-state index contributed by atoms with van der Waals surface area (Å²) in [5, 5.41) is 4.07. The molecule has 0 radical (unpaired) electrons. The van der Waals surface area contributed by atoms with Crippen LogP contribution in [0.1, 0.15) is 43.7 Å². The Kier molecular flexibility index (Phi) is 4.18. The Labute approximate surface area is 135 Å². The molecule has 23 heavy (non-hydrogen) atoms. The molecule has 0 saturated carbocycles. The fraction of sp³-hybridized carbons (Fsp3) is 0.647. The summed E-state index contributed by atoms with van der Waals surface area (Å²) in [5.74, 6) is 3.89. The zero-order valence-electron chi connectivity index (χ0n) is 13.5. The third kappa shape index (κ3) is 3.33. The molecule has 6 nitrogen and oxygen atoms in total. The molecular weight excluding hydrogens is 294 g/mol. The third-order valence-corrected chi connectivity index (χ3v) is 4.86. The van der Waals surface area contributed by atoms with Crippen molar-refractivity contribution in [2.75, 3.05) is 26.3 Å². The second kappa shape index (κ2) is 6.45. The maximum atomic E-state index is 5.91. The number of hydrogen-bond donors (Lipinski definition) is 0. The first-order valence-corrected chi connectivity index (χ1v) is 8.51. The van der Waals surface area contributed by atoms with Crippen molar-refractivity contribution in [3.63, 3.8) is 0 Å². The summed E-state index contributed by atoms with van der Waals surface area (Å²) >= 11 is 0. The monoisotopic (exact) mass is 317 g/mol. The van der Waals surface area contributed by atoms with E-state index in [0.29, 0.717) is 18.3 Å². The van der Waals surface area contributed by atoms with Crippen LogP contribution < -0.4 is 0 Å². The molecule has 2 aliphatic heterocycles. The minimum atomic E-state index is 0.247. The molecular formula is C17H23N3O3. The summed E-state index contributed by atoms with van der Waals surface area (Å²) in [6.07, 6.45) is 3.49. The van der Waals surface area contributed by atoms with Gasteiger partial charge in [0.1, 0.15) is 5.76 Å². The van der Waals surface area contributed by atoms with Gasteiger partial charge >= 0.3 is 0 Å². The van der Waals surface area contributed by atoms with Gasteiger partial charge < -0.3 is 13.7 Å². The van der Waals surface area contributed by atoms with Crippen LogP contribution in [-0.4, -0.2) is 41.3 Å². The number of hydrogen-bond acceptors (Lipinski definition) is 6. The topological polar surface area (TPSA) is 64.5 Å². The van der Waals surface area contributed by atoms with Crippen molar-refractivity contribution in [2.24, 2.45) is 5.92 Å². The number of piperidine rings is 1. The van der Waals surface area contributed by atoms with Crippen LogP contribution >= 0.6 is 0 Å². The SMILES string of the molecule is CC1CCN(Cc2ccc(-c3nc(C4CCOC4)no3)o2)CC1. The lowest BCUT2D eigenvalue weighted by Gasteiger charge is -2.29. The molecule has 2 saturated heterocycles. The molecule has 0 N–H and O–H groups in total. The second-order valence-corrected chi connectivity index (χ2v) is 6.74. The smallest absolute Gasteiger partial charge is 0.293 e. The lowest BCUT2D eigenvalue weighted by Crippen LogP contribution is -2.32. The Morgan fingerprint density at radius 2 is 2.09 bits per heavy atom. The minimum Gasteiger partial charge on any atom is -0.455 e. The van der Waals surface area contributed by atoms with Crippen molar-refractivity contribution in [1.82, 2.24) is 15.0 Å². The van der Waals surface area contributed by atoms with Gasteiger partial charge in [0.2, 0.25) is 0 Å². The molecule has 4 rings (SSSR count). The van der Waals surface area contributed by atoms with Crippen molar-refractivity contribution >= 4 is 0 Å². The zero-order valence-corrected chi connectivity index (χ0v) is 13.5. The highest BCUT2D eigenvalue weighted by Crippen LogP contribution is 2.27. The lowest BCUT2D eigenvalue weighted by molar-refractivity contribution is 0.174. The molecule has 2 fully saturated rings. The summed E-state index contributed by atoms with van der Waals surface area (Å²) in [5.41, 5.74) is 0. The standard InChI is InChI=1S/C17H23N3O3/c1-12-4-7-20(8-5-12)10-14-2-3-15(22-14)17-18-16(19-23-17)13-6-9-21-11-13/h2-3,12-13H,4-11H2,1H3. The predicted octanol–water partition coefficient (Wildman–Crippen LogP) is 3.07. The van der Waals surface area contributed by atoms with E-state index in [2.05, 4.69) is 22.0 Å². The van der Waals surface area contributed by atoms with E-state index in [0.717, 1.165) is 50.2 Å². The number of likely N-dealkylation sites (tertiary alicyclic amines) is 1. The van der Waals surface area contributed by atoms with E-state index in [-0.39, 0.29) is 5.92 Å². The van der Waals surface area contributed by atoms with E-state index in [1.54, 1.807) is 0 Å². The maximum absolute atomic E-state index is 5.91. The molecule has 6 heteroatoms. The predicted molar refractivity (Wildman–Crippen MR) is 83.9 cm³/mol. The van der Waals surface area contributed by atoms with Crippen molar-refractivity contribution in [3.05, 3.63) is 23.7 Å². The Morgan fingerprint density at radius 3 is 2.87 bits per heavy atom. The van der Waals surface area contributed by atoms with Gasteiger partial charge in [-0.15, -0.1) is 0 Å². The van der Waals surface area contributed by atoms with Crippen LogP contribution in [0.15, 0.2) is 21.1 Å². The number of nitrogens with zero attached hydrogens (tertiary/aromatic N) is 3. The second-order valence-electron chi connectivity index (χ2n) is 6.74. The Bertz CT molecular complexity index is 637. The fourth-order valence-electron chi connectivity index (χ4n) is 3.26. The van der Waals surface area contributed by atoms with Gasteiger partial charge in [-0.1, -0.05) is 12.1 Å². The van der Waals surface area contributed by atoms with Crippen LogP contribution in [0, 0.1) is 5.92 Å². The lowest BCUT2D eigenvalue weighted by atomic mass is 9.99. The minimum absolute atomic E-state index is 0.247. The van der Waals surface area contributed by atoms with Gasteiger partial charge in [0, 0.05) is 12.5 Å². The van der Waals surface area contributed by atoms with Crippen LogP contribution in [0.2, 0.25) is 0 Å². The largest absolute Gasteiger partial charge is 0.455 e. The van der Waals surface area contributed by atoms with Crippen LogP contribution in [-0.2, 0) is 11.3 Å². The van der Waals surface area contributed by atoms with Crippen LogP contribution in [0.5, 0.6) is 0 Å². The van der Waals surface area contributed by atoms with Gasteiger partial charge in [-0.2, -0.15) is 4.98 Å². The fourth-order valence-corrected chi connectivity index (χ4v) is 3.26. The molecule has 0 aromatic carbocycles. The van der Waals surface area contributed by atoms with Crippen molar-refractivity contribution < 1.29 is 13.7 Å². The van der Waals surface area contributed by atoms with Gasteiger partial charge in [-0.3, -0.25) is 4.90 Å². The highest BCUT2D eigenvalue weighted by molar-refractivity contribution is 5.44. The van der Waals surface area contributed by atoms with Gasteiger partial charge in [-0.25, -0.2) is 0 Å². The first kappa shape index (κ1) is 14.9. The average Bonchev–Trinajstić information content (AvgIpc) is 3.30. The molecule has 2 aromatic rings. The number of furan rings is 1. The quantitative estimate of drug-likeness (QED) is 0.863. The zero-order chi connectivity index (χ0) is 15.6. The van der Waals surface area contributed by atoms with E-state index in [1.165, 1.54) is 12.8 Å². The van der Waals surface area contributed by atoms with Crippen LogP contribution in [0.4, 0.5) is 0 Å². The van der Waals surface area contributed by atoms with Crippen LogP contribution in [0.3, 0.4) is 0 Å². The van der Waals surface area contributed by atoms with E-state index in [9.17, 15) is 0 Å². The van der Waals surface area contributed by atoms with E-state index in [1.807, 2.05) is 12.1 Å². The summed E-state index contributed by atoms with van der Waals surface area (Å²) < 4.78 is 16.6. The normalized spacial score (nSPS) is 23.6. The Morgan fingerprint density at radius 1 is 1.22 bits per heavy atom. The molecule has 124 valence electrons. The molecule has 0 spiro atoms. The molecule has 1 atom stereocenters. The van der Waals surface area contributed by atoms with Crippen molar-refractivity contribution in [1.29, 1.82) is 0 Å². The average molecular weight is 317 g/mol. The Balaban J connectivity index is 1.41. The molecule has 0 aliphatic carbocycles. The Hall–Kier alpha value is -1.66. The molecule has 2 aliphatic rings. The number of aromatic nitrogens is 2. The summed E-state index contributed by atoms with van der Waals surface area (Å²) in [6, 6.07) is 3.93. The number of rotatable bonds is 4. The van der Waals surface area contributed by atoms with Gasteiger partial charge in [0.25, 0.3) is 5.89 Å². The van der Waals surface area contributed by atoms with Crippen molar-refractivity contribution in [3.8, 4) is 11.7 Å². The molecule has 0 amide bonds. The van der Waals surface area contributed by atoms with Crippen molar-refractivity contribution in [2.45, 2.75) is 38.6 Å². The van der Waals surface area contributed by atoms with Gasteiger partial charge in [0.05, 0.1) is 13.2 Å². The third-order valence-electron chi connectivity index (χ3n) is 4.86. The molecule has 1 unspecified atom stereocenters. The first-order chi connectivity index (χ1) is 11.3.